The van der Waals surface area contributed by atoms with Gasteiger partial charge in [0.15, 0.2) is 0 Å². The van der Waals surface area contributed by atoms with Gasteiger partial charge in [-0.1, -0.05) is 19.1 Å². The Labute approximate surface area is 104 Å². The van der Waals surface area contributed by atoms with Crippen LogP contribution in [0, 0.1) is 5.92 Å². The van der Waals surface area contributed by atoms with E-state index >= 15 is 0 Å². The molecule has 0 aromatic heterocycles. The summed E-state index contributed by atoms with van der Waals surface area (Å²) < 4.78 is 11.2. The Balaban J connectivity index is 2.44. The molecule has 4 nitrogen and oxygen atoms in total. The van der Waals surface area contributed by atoms with Crippen molar-refractivity contribution in [3.63, 3.8) is 0 Å². The molecular formula is C10H18N2O2S2. The first-order valence-corrected chi connectivity index (χ1v) is 7.39. The summed E-state index contributed by atoms with van der Waals surface area (Å²) >= 11 is 4.85. The monoisotopic (exact) mass is 262 g/mol. The van der Waals surface area contributed by atoms with Crippen molar-refractivity contribution in [3.05, 3.63) is 0 Å². The van der Waals surface area contributed by atoms with Gasteiger partial charge in [-0.25, -0.2) is 0 Å². The normalized spacial score (nSPS) is 27.1. The molecule has 92 valence electrons. The molecule has 0 aliphatic carbocycles. The van der Waals surface area contributed by atoms with Gasteiger partial charge in [-0.3, -0.25) is 9.00 Å². The smallest absolute Gasteiger partial charge is 0.230 e. The van der Waals surface area contributed by atoms with E-state index in [4.69, 9.17) is 18.0 Å². The molecule has 0 aromatic carbocycles. The summed E-state index contributed by atoms with van der Waals surface area (Å²) in [6, 6.07) is 0.133. The molecule has 0 bridgehead atoms. The van der Waals surface area contributed by atoms with Gasteiger partial charge in [-0.05, 0) is 19.3 Å². The molecule has 0 saturated carbocycles. The number of hydrogen-bond acceptors (Lipinski definition) is 3. The number of amides is 1. The Hall–Kier alpha value is -0.490. The van der Waals surface area contributed by atoms with Crippen molar-refractivity contribution in [2.45, 2.75) is 32.2 Å². The third-order valence-corrected chi connectivity index (χ3v) is 4.47. The average Bonchev–Trinajstić information content (AvgIpc) is 2.22. The molecule has 6 heteroatoms. The molecule has 0 radical (unpaired) electrons. The maximum Gasteiger partial charge on any atom is 0.230 e. The Morgan fingerprint density at radius 3 is 2.56 bits per heavy atom. The standard InChI is InChI=1S/C10H18N2O2S2/c1-2-8(9(11)15)10(13)12-7-3-5-16(14)6-4-7/h7-8H,2-6H2,1H3,(H2,11,15)(H,12,13). The van der Waals surface area contributed by atoms with E-state index in [9.17, 15) is 9.00 Å². The molecular weight excluding hydrogens is 244 g/mol. The van der Waals surface area contributed by atoms with Gasteiger partial charge in [0.05, 0.1) is 10.9 Å². The highest BCUT2D eigenvalue weighted by Gasteiger charge is 2.24. The summed E-state index contributed by atoms with van der Waals surface area (Å²) in [7, 11) is -0.699. The van der Waals surface area contributed by atoms with Crippen molar-refractivity contribution >= 4 is 33.9 Å². The zero-order chi connectivity index (χ0) is 12.1. The molecule has 1 unspecified atom stereocenters. The minimum atomic E-state index is -0.699. The van der Waals surface area contributed by atoms with E-state index in [1.165, 1.54) is 0 Å². The molecule has 1 saturated heterocycles. The van der Waals surface area contributed by atoms with Crippen molar-refractivity contribution < 1.29 is 9.00 Å². The van der Waals surface area contributed by atoms with Gasteiger partial charge in [0.25, 0.3) is 0 Å². The van der Waals surface area contributed by atoms with E-state index in [0.29, 0.717) is 17.9 Å². The number of nitrogens with one attached hydrogen (secondary N) is 1. The molecule has 0 aromatic rings. The summed E-state index contributed by atoms with van der Waals surface area (Å²) in [5.41, 5.74) is 5.50. The van der Waals surface area contributed by atoms with Crippen molar-refractivity contribution in [2.24, 2.45) is 11.7 Å². The lowest BCUT2D eigenvalue weighted by molar-refractivity contribution is -0.123. The van der Waals surface area contributed by atoms with E-state index in [1.54, 1.807) is 0 Å². The summed E-state index contributed by atoms with van der Waals surface area (Å²) in [6.07, 6.45) is 2.19. The Morgan fingerprint density at radius 2 is 2.12 bits per heavy atom. The fourth-order valence-corrected chi connectivity index (χ4v) is 3.33. The number of rotatable bonds is 4. The minimum Gasteiger partial charge on any atom is -0.393 e. The van der Waals surface area contributed by atoms with Crippen molar-refractivity contribution in [2.75, 3.05) is 11.5 Å². The SMILES string of the molecule is CCC(C(=O)NC1CCS(=O)CC1)C(N)=S. The van der Waals surface area contributed by atoms with Gasteiger partial charge in [-0.15, -0.1) is 0 Å². The van der Waals surface area contributed by atoms with Gasteiger partial charge in [0.2, 0.25) is 5.91 Å². The first-order valence-electron chi connectivity index (χ1n) is 5.49. The second kappa shape index (κ2) is 6.30. The van der Waals surface area contributed by atoms with Gasteiger partial charge in [-0.2, -0.15) is 0 Å². The van der Waals surface area contributed by atoms with Gasteiger partial charge < -0.3 is 11.1 Å². The third kappa shape index (κ3) is 3.83. The highest BCUT2D eigenvalue weighted by Crippen LogP contribution is 2.11. The molecule has 1 aliphatic heterocycles. The molecule has 1 fully saturated rings. The summed E-state index contributed by atoms with van der Waals surface area (Å²) in [5.74, 6) is 0.888. The second-order valence-electron chi connectivity index (χ2n) is 3.99. The van der Waals surface area contributed by atoms with Crippen LogP contribution in [0.5, 0.6) is 0 Å². The van der Waals surface area contributed by atoms with Crippen LogP contribution < -0.4 is 11.1 Å². The molecule has 1 heterocycles. The van der Waals surface area contributed by atoms with E-state index in [1.807, 2.05) is 6.92 Å². The third-order valence-electron chi connectivity index (χ3n) is 2.80. The number of carbonyl (C=O) groups excluding carboxylic acids is 1. The molecule has 1 rings (SSSR count). The Kier molecular flexibility index (Phi) is 5.34. The first kappa shape index (κ1) is 13.6. The largest absolute Gasteiger partial charge is 0.393 e. The van der Waals surface area contributed by atoms with Crippen LogP contribution in [0.1, 0.15) is 26.2 Å². The van der Waals surface area contributed by atoms with Crippen molar-refractivity contribution in [1.29, 1.82) is 0 Å². The fraction of sp³-hybridized carbons (Fsp3) is 0.800. The molecule has 1 aliphatic rings. The van der Waals surface area contributed by atoms with Crippen LogP contribution in [0.25, 0.3) is 0 Å². The lowest BCUT2D eigenvalue weighted by Gasteiger charge is -2.24. The van der Waals surface area contributed by atoms with Crippen LogP contribution in [0.15, 0.2) is 0 Å². The minimum absolute atomic E-state index is 0.0901. The number of carbonyl (C=O) groups is 1. The molecule has 0 spiro atoms. The highest BCUT2D eigenvalue weighted by molar-refractivity contribution is 7.85. The van der Waals surface area contributed by atoms with E-state index < -0.39 is 10.8 Å². The van der Waals surface area contributed by atoms with Crippen LogP contribution in [-0.2, 0) is 15.6 Å². The predicted octanol–water partition coefficient (Wildman–Crippen LogP) is 0.326. The first-order chi connectivity index (χ1) is 7.54. The molecule has 3 N–H and O–H groups in total. The van der Waals surface area contributed by atoms with Crippen LogP contribution in [0.3, 0.4) is 0 Å². The Morgan fingerprint density at radius 1 is 1.56 bits per heavy atom. The quantitative estimate of drug-likeness (QED) is 0.716. The van der Waals surface area contributed by atoms with Crippen molar-refractivity contribution in [1.82, 2.24) is 5.32 Å². The second-order valence-corrected chi connectivity index (χ2v) is 6.16. The van der Waals surface area contributed by atoms with Crippen LogP contribution in [0.4, 0.5) is 0 Å². The lowest BCUT2D eigenvalue weighted by atomic mass is 10.0. The van der Waals surface area contributed by atoms with Crippen LogP contribution in [0.2, 0.25) is 0 Å². The van der Waals surface area contributed by atoms with E-state index in [-0.39, 0.29) is 22.9 Å². The number of hydrogen-bond donors (Lipinski definition) is 2. The van der Waals surface area contributed by atoms with Gasteiger partial charge >= 0.3 is 0 Å². The lowest BCUT2D eigenvalue weighted by Crippen LogP contribution is -2.45. The van der Waals surface area contributed by atoms with Crippen molar-refractivity contribution in [3.8, 4) is 0 Å². The summed E-state index contributed by atoms with van der Waals surface area (Å²) in [5, 5.41) is 2.93. The molecule has 1 atom stereocenters. The average molecular weight is 262 g/mol. The number of thiocarbonyl (C=S) groups is 1. The maximum absolute atomic E-state index is 11.8. The Bertz CT molecular complexity index is 297. The zero-order valence-corrected chi connectivity index (χ0v) is 11.0. The predicted molar refractivity (Wildman–Crippen MR) is 69.6 cm³/mol. The van der Waals surface area contributed by atoms with E-state index in [0.717, 1.165) is 12.8 Å². The van der Waals surface area contributed by atoms with E-state index in [2.05, 4.69) is 5.32 Å². The summed E-state index contributed by atoms with van der Waals surface area (Å²) in [4.78, 5) is 12.1. The van der Waals surface area contributed by atoms with Crippen LogP contribution in [-0.4, -0.2) is 32.7 Å². The fourth-order valence-electron chi connectivity index (χ4n) is 1.76. The molecule has 1 amide bonds. The maximum atomic E-state index is 11.8. The van der Waals surface area contributed by atoms with Gasteiger partial charge in [0.1, 0.15) is 0 Å². The van der Waals surface area contributed by atoms with Gasteiger partial charge in [0, 0.05) is 28.3 Å². The highest BCUT2D eigenvalue weighted by atomic mass is 32.2. The molecule has 16 heavy (non-hydrogen) atoms. The topological polar surface area (TPSA) is 72.2 Å². The number of nitrogens with two attached hydrogens (primary N) is 1. The zero-order valence-electron chi connectivity index (χ0n) is 9.40. The summed E-state index contributed by atoms with van der Waals surface area (Å²) in [6.45, 7) is 1.89. The van der Waals surface area contributed by atoms with Crippen LogP contribution >= 0.6 is 12.2 Å².